The van der Waals surface area contributed by atoms with Gasteiger partial charge in [-0.15, -0.1) is 0 Å². The van der Waals surface area contributed by atoms with Gasteiger partial charge in [-0.25, -0.2) is 0 Å². The summed E-state index contributed by atoms with van der Waals surface area (Å²) in [6.07, 6.45) is 4.09. The molecule has 0 unspecified atom stereocenters. The maximum Gasteiger partial charge on any atom is 0.0672 e. The Hall–Kier alpha value is -2.49. The number of rotatable bonds is 1. The van der Waals surface area contributed by atoms with Crippen LogP contribution in [-0.2, 0) is 6.42 Å². The number of nitrogen functional groups attached to an aromatic ring is 1. The Morgan fingerprint density at radius 1 is 1.15 bits per heavy atom. The fraction of sp³-hybridized carbons (Fsp3) is 0.188. The van der Waals surface area contributed by atoms with E-state index in [4.69, 9.17) is 5.73 Å². The van der Waals surface area contributed by atoms with Gasteiger partial charge in [0.2, 0.25) is 0 Å². The molecule has 2 heterocycles. The normalized spacial score (nSPS) is 14.5. The molecule has 3 aromatic rings. The van der Waals surface area contributed by atoms with Gasteiger partial charge >= 0.3 is 0 Å². The van der Waals surface area contributed by atoms with Crippen LogP contribution in [0.5, 0.6) is 0 Å². The Balaban J connectivity index is 1.89. The van der Waals surface area contributed by atoms with Crippen molar-refractivity contribution in [2.24, 2.45) is 0 Å². The summed E-state index contributed by atoms with van der Waals surface area (Å²) in [6.45, 7) is 1.00. The van der Waals surface area contributed by atoms with Crippen LogP contribution in [0.25, 0.3) is 10.9 Å². The molecule has 20 heavy (non-hydrogen) atoms. The first-order valence-electron chi connectivity index (χ1n) is 6.91. The van der Waals surface area contributed by atoms with E-state index >= 15 is 0 Å². The molecule has 0 fully saturated rings. The second kappa shape index (κ2) is 4.27. The lowest BCUT2D eigenvalue weighted by molar-refractivity contribution is 0.767. The highest BCUT2D eigenvalue weighted by atomic mass is 15.2. The molecule has 0 aliphatic carbocycles. The molecule has 100 valence electrons. The van der Waals surface area contributed by atoms with Crippen LogP contribution in [-0.4, -0.2) is 16.7 Å². The van der Waals surface area contributed by atoms with Crippen molar-refractivity contribution in [3.05, 3.63) is 48.2 Å². The van der Waals surface area contributed by atoms with Gasteiger partial charge in [-0.3, -0.25) is 5.10 Å². The van der Waals surface area contributed by atoms with Gasteiger partial charge < -0.3 is 10.6 Å². The van der Waals surface area contributed by atoms with E-state index < -0.39 is 0 Å². The minimum Gasteiger partial charge on any atom is -0.397 e. The van der Waals surface area contributed by atoms with Gasteiger partial charge in [0.15, 0.2) is 0 Å². The summed E-state index contributed by atoms with van der Waals surface area (Å²) in [4.78, 5) is 2.31. The highest BCUT2D eigenvalue weighted by Crippen LogP contribution is 2.37. The summed E-state index contributed by atoms with van der Waals surface area (Å²) in [6, 6.07) is 12.6. The van der Waals surface area contributed by atoms with E-state index in [1.165, 1.54) is 11.3 Å². The molecule has 4 heteroatoms. The number of nitrogens with one attached hydrogen (secondary N) is 1. The molecule has 3 N–H and O–H groups in total. The van der Waals surface area contributed by atoms with Gasteiger partial charge in [0.05, 0.1) is 23.1 Å². The van der Waals surface area contributed by atoms with Crippen molar-refractivity contribution in [2.45, 2.75) is 12.8 Å². The molecule has 0 saturated carbocycles. The van der Waals surface area contributed by atoms with Crippen LogP contribution in [0, 0.1) is 0 Å². The molecular weight excluding hydrogens is 248 g/mol. The van der Waals surface area contributed by atoms with Crippen LogP contribution in [0.2, 0.25) is 0 Å². The molecule has 1 aliphatic heterocycles. The third-order valence-corrected chi connectivity index (χ3v) is 3.99. The maximum absolute atomic E-state index is 6.25. The monoisotopic (exact) mass is 264 g/mol. The molecular formula is C16H16N4. The van der Waals surface area contributed by atoms with E-state index in [0.29, 0.717) is 0 Å². The van der Waals surface area contributed by atoms with E-state index in [-0.39, 0.29) is 0 Å². The van der Waals surface area contributed by atoms with Crippen molar-refractivity contribution in [2.75, 3.05) is 17.2 Å². The van der Waals surface area contributed by atoms with Crippen LogP contribution in [0.3, 0.4) is 0 Å². The quantitative estimate of drug-likeness (QED) is 0.663. The number of aryl methyl sites for hydroxylation is 1. The van der Waals surface area contributed by atoms with Gasteiger partial charge in [0.1, 0.15) is 0 Å². The lowest BCUT2D eigenvalue weighted by atomic mass is 10.0. The SMILES string of the molecule is Nc1cc2cn[nH]c2cc1N1CCCc2ccccc21. The minimum absolute atomic E-state index is 0.801. The molecule has 0 saturated heterocycles. The zero-order valence-corrected chi connectivity index (χ0v) is 11.1. The van der Waals surface area contributed by atoms with Gasteiger partial charge in [-0.2, -0.15) is 5.10 Å². The number of nitrogens with zero attached hydrogens (tertiary/aromatic N) is 2. The van der Waals surface area contributed by atoms with Gasteiger partial charge in [-0.05, 0) is 36.6 Å². The molecule has 4 rings (SSSR count). The molecule has 0 bridgehead atoms. The van der Waals surface area contributed by atoms with E-state index in [0.717, 1.165) is 41.7 Å². The van der Waals surface area contributed by atoms with Gasteiger partial charge in [0.25, 0.3) is 0 Å². The lowest BCUT2D eigenvalue weighted by Gasteiger charge is -2.32. The second-order valence-corrected chi connectivity index (χ2v) is 5.25. The highest BCUT2D eigenvalue weighted by molar-refractivity contribution is 5.91. The van der Waals surface area contributed by atoms with E-state index in [1.54, 1.807) is 6.20 Å². The van der Waals surface area contributed by atoms with Crippen molar-refractivity contribution in [1.29, 1.82) is 0 Å². The summed E-state index contributed by atoms with van der Waals surface area (Å²) < 4.78 is 0. The van der Waals surface area contributed by atoms with E-state index in [1.807, 2.05) is 6.07 Å². The largest absolute Gasteiger partial charge is 0.397 e. The Morgan fingerprint density at radius 2 is 2.05 bits per heavy atom. The Kier molecular flexibility index (Phi) is 2.42. The molecule has 2 aromatic carbocycles. The number of hydrogen-bond donors (Lipinski definition) is 2. The topological polar surface area (TPSA) is 57.9 Å². The van der Waals surface area contributed by atoms with Gasteiger partial charge in [0, 0.05) is 17.6 Å². The van der Waals surface area contributed by atoms with Crippen molar-refractivity contribution >= 4 is 28.0 Å². The van der Waals surface area contributed by atoms with Crippen molar-refractivity contribution < 1.29 is 0 Å². The molecule has 0 amide bonds. The number of aromatic nitrogens is 2. The molecule has 1 aromatic heterocycles. The Bertz CT molecular complexity index is 775. The average molecular weight is 264 g/mol. The molecule has 0 radical (unpaired) electrons. The van der Waals surface area contributed by atoms with Crippen LogP contribution in [0.4, 0.5) is 17.1 Å². The smallest absolute Gasteiger partial charge is 0.0672 e. The van der Waals surface area contributed by atoms with Crippen LogP contribution < -0.4 is 10.6 Å². The van der Waals surface area contributed by atoms with E-state index in [2.05, 4.69) is 45.4 Å². The molecule has 1 aliphatic rings. The standard InChI is InChI=1S/C16H16N4/c17-13-8-12-10-18-19-14(12)9-16(13)20-7-3-5-11-4-1-2-6-15(11)20/h1-2,4,6,8-10H,3,5,7,17H2,(H,18,19). The summed E-state index contributed by atoms with van der Waals surface area (Å²) >= 11 is 0. The van der Waals surface area contributed by atoms with Crippen molar-refractivity contribution in [1.82, 2.24) is 10.2 Å². The number of hydrogen-bond acceptors (Lipinski definition) is 3. The first-order valence-corrected chi connectivity index (χ1v) is 6.91. The third kappa shape index (κ3) is 1.65. The predicted molar refractivity (Wildman–Crippen MR) is 82.3 cm³/mol. The second-order valence-electron chi connectivity index (χ2n) is 5.25. The summed E-state index contributed by atoms with van der Waals surface area (Å²) in [5.74, 6) is 0. The van der Waals surface area contributed by atoms with Gasteiger partial charge in [-0.1, -0.05) is 18.2 Å². The van der Waals surface area contributed by atoms with Crippen molar-refractivity contribution in [3.8, 4) is 0 Å². The molecule has 0 atom stereocenters. The zero-order valence-electron chi connectivity index (χ0n) is 11.1. The number of fused-ring (bicyclic) bond motifs is 2. The minimum atomic E-state index is 0.801. The highest BCUT2D eigenvalue weighted by Gasteiger charge is 2.20. The van der Waals surface area contributed by atoms with Crippen molar-refractivity contribution in [3.63, 3.8) is 0 Å². The fourth-order valence-electron chi connectivity index (χ4n) is 3.02. The summed E-state index contributed by atoms with van der Waals surface area (Å²) in [5, 5.41) is 8.14. The third-order valence-electron chi connectivity index (χ3n) is 3.99. The predicted octanol–water partition coefficient (Wildman–Crippen LogP) is 3.23. The number of nitrogens with two attached hydrogens (primary N) is 1. The maximum atomic E-state index is 6.25. The summed E-state index contributed by atoms with van der Waals surface area (Å²) in [7, 11) is 0. The Morgan fingerprint density at radius 3 is 3.00 bits per heavy atom. The average Bonchev–Trinajstić information content (AvgIpc) is 2.93. The number of benzene rings is 2. The first-order chi connectivity index (χ1) is 9.83. The fourth-order valence-corrected chi connectivity index (χ4v) is 3.02. The number of H-pyrrole nitrogens is 1. The molecule has 0 spiro atoms. The van der Waals surface area contributed by atoms with E-state index in [9.17, 15) is 0 Å². The number of anilines is 3. The number of para-hydroxylation sites is 1. The van der Waals surface area contributed by atoms with Crippen LogP contribution >= 0.6 is 0 Å². The molecule has 4 nitrogen and oxygen atoms in total. The summed E-state index contributed by atoms with van der Waals surface area (Å²) in [5.41, 5.74) is 11.8. The van der Waals surface area contributed by atoms with Crippen LogP contribution in [0.15, 0.2) is 42.6 Å². The number of aromatic amines is 1. The first kappa shape index (κ1) is 11.3. The Labute approximate surface area is 117 Å². The lowest BCUT2D eigenvalue weighted by Crippen LogP contribution is -2.25. The zero-order chi connectivity index (χ0) is 13.5. The van der Waals surface area contributed by atoms with Crippen LogP contribution in [0.1, 0.15) is 12.0 Å².